The van der Waals surface area contributed by atoms with Gasteiger partial charge in [0.15, 0.2) is 0 Å². The number of fused-ring (bicyclic) bond motifs is 1. The van der Waals surface area contributed by atoms with E-state index in [4.69, 9.17) is 5.73 Å². The standard InChI is InChI=1S/C13H7F6N5/c14-12(15,16)6-1-2-7(8(3-6)13(17,18)19)10-9-4-21-5-24(9)11(20)23-22-10/h1-5H,(H2,20,23). The minimum atomic E-state index is -5.02. The van der Waals surface area contributed by atoms with Crippen LogP contribution in [0.15, 0.2) is 30.7 Å². The average Bonchev–Trinajstić information content (AvgIpc) is 2.95. The Morgan fingerprint density at radius 3 is 2.29 bits per heavy atom. The number of hydrogen-bond donors (Lipinski definition) is 1. The zero-order valence-corrected chi connectivity index (χ0v) is 11.5. The molecule has 0 bridgehead atoms. The van der Waals surface area contributed by atoms with Crippen molar-refractivity contribution < 1.29 is 26.3 Å². The van der Waals surface area contributed by atoms with Crippen LogP contribution in [-0.2, 0) is 12.4 Å². The molecule has 0 radical (unpaired) electrons. The summed E-state index contributed by atoms with van der Waals surface area (Å²) in [5, 5.41) is 7.11. The van der Waals surface area contributed by atoms with Gasteiger partial charge in [0.2, 0.25) is 5.95 Å². The maximum atomic E-state index is 13.2. The van der Waals surface area contributed by atoms with E-state index in [2.05, 4.69) is 15.2 Å². The van der Waals surface area contributed by atoms with Crippen molar-refractivity contribution >= 4 is 11.5 Å². The van der Waals surface area contributed by atoms with E-state index in [0.29, 0.717) is 12.1 Å². The lowest BCUT2D eigenvalue weighted by molar-refractivity contribution is -0.142. The Morgan fingerprint density at radius 1 is 0.958 bits per heavy atom. The van der Waals surface area contributed by atoms with Crippen LogP contribution in [-0.4, -0.2) is 19.6 Å². The van der Waals surface area contributed by atoms with E-state index >= 15 is 0 Å². The SMILES string of the molecule is Nc1nnc(-c2ccc(C(F)(F)F)cc2C(F)(F)F)c2cncn12. The van der Waals surface area contributed by atoms with Gasteiger partial charge in [0, 0.05) is 5.56 Å². The second kappa shape index (κ2) is 5.08. The van der Waals surface area contributed by atoms with Gasteiger partial charge in [-0.3, -0.25) is 4.40 Å². The first-order valence-electron chi connectivity index (χ1n) is 6.32. The predicted octanol–water partition coefficient (Wildman–Crippen LogP) is 3.41. The molecule has 0 aliphatic rings. The van der Waals surface area contributed by atoms with Crippen molar-refractivity contribution in [2.45, 2.75) is 12.4 Å². The minimum Gasteiger partial charge on any atom is -0.368 e. The number of halogens is 6. The quantitative estimate of drug-likeness (QED) is 0.685. The smallest absolute Gasteiger partial charge is 0.368 e. The lowest BCUT2D eigenvalue weighted by atomic mass is 10.00. The van der Waals surface area contributed by atoms with Crippen LogP contribution in [0.1, 0.15) is 11.1 Å². The van der Waals surface area contributed by atoms with Crippen molar-refractivity contribution in [1.29, 1.82) is 0 Å². The van der Waals surface area contributed by atoms with Crippen LogP contribution in [0.2, 0.25) is 0 Å². The number of nitrogen functional groups attached to an aromatic ring is 1. The van der Waals surface area contributed by atoms with Crippen molar-refractivity contribution in [2.75, 3.05) is 5.73 Å². The second-order valence-corrected chi connectivity index (χ2v) is 4.81. The third-order valence-corrected chi connectivity index (χ3v) is 3.29. The second-order valence-electron chi connectivity index (χ2n) is 4.81. The molecule has 1 aromatic carbocycles. The summed E-state index contributed by atoms with van der Waals surface area (Å²) in [5.41, 5.74) is 1.92. The zero-order chi connectivity index (χ0) is 17.7. The minimum absolute atomic E-state index is 0.0419. The highest BCUT2D eigenvalue weighted by Gasteiger charge is 2.39. The number of hydrogen-bond acceptors (Lipinski definition) is 4. The fourth-order valence-electron chi connectivity index (χ4n) is 2.21. The number of anilines is 1. The Morgan fingerprint density at radius 2 is 1.67 bits per heavy atom. The number of rotatable bonds is 1. The topological polar surface area (TPSA) is 69.1 Å². The van der Waals surface area contributed by atoms with E-state index in [9.17, 15) is 26.3 Å². The van der Waals surface area contributed by atoms with Gasteiger partial charge in [0.25, 0.3) is 0 Å². The molecule has 24 heavy (non-hydrogen) atoms. The monoisotopic (exact) mass is 347 g/mol. The van der Waals surface area contributed by atoms with Gasteiger partial charge in [-0.05, 0) is 12.1 Å². The van der Waals surface area contributed by atoms with Gasteiger partial charge in [0.1, 0.15) is 12.0 Å². The Balaban J connectivity index is 2.31. The number of nitrogens with zero attached hydrogens (tertiary/aromatic N) is 4. The van der Waals surface area contributed by atoms with Crippen LogP contribution in [0.5, 0.6) is 0 Å². The summed E-state index contributed by atoms with van der Waals surface area (Å²) in [6.45, 7) is 0. The lowest BCUT2D eigenvalue weighted by Gasteiger charge is -2.16. The first kappa shape index (κ1) is 16.0. The van der Waals surface area contributed by atoms with Crippen LogP contribution in [0.4, 0.5) is 32.3 Å². The number of benzene rings is 1. The Bertz CT molecular complexity index is 911. The van der Waals surface area contributed by atoms with E-state index in [-0.39, 0.29) is 23.2 Å². The Labute approximate surface area is 129 Å². The molecule has 2 aromatic heterocycles. The lowest BCUT2D eigenvalue weighted by Crippen LogP contribution is -2.13. The molecular weight excluding hydrogens is 340 g/mol. The number of nitrogens with two attached hydrogens (primary N) is 1. The van der Waals surface area contributed by atoms with E-state index in [1.807, 2.05) is 0 Å². The van der Waals surface area contributed by atoms with Gasteiger partial charge in [0.05, 0.1) is 22.8 Å². The van der Waals surface area contributed by atoms with Gasteiger partial charge in [-0.2, -0.15) is 26.3 Å². The van der Waals surface area contributed by atoms with Crippen LogP contribution in [0, 0.1) is 0 Å². The summed E-state index contributed by atoms with van der Waals surface area (Å²) in [5.74, 6) is -0.119. The normalized spacial score (nSPS) is 12.8. The third kappa shape index (κ3) is 2.61. The molecule has 0 aliphatic carbocycles. The van der Waals surface area contributed by atoms with Crippen molar-refractivity contribution in [3.8, 4) is 11.3 Å². The molecule has 0 saturated heterocycles. The Hall–Kier alpha value is -2.85. The number of imidazole rings is 1. The van der Waals surface area contributed by atoms with Crippen LogP contribution < -0.4 is 5.73 Å². The van der Waals surface area contributed by atoms with Crippen molar-refractivity contribution in [1.82, 2.24) is 19.6 Å². The molecule has 3 rings (SSSR count). The molecule has 0 fully saturated rings. The maximum absolute atomic E-state index is 13.2. The number of alkyl halides is 6. The molecule has 126 valence electrons. The molecule has 0 saturated carbocycles. The van der Waals surface area contributed by atoms with E-state index in [1.165, 1.54) is 16.9 Å². The summed E-state index contributed by atoms with van der Waals surface area (Å²) in [6.07, 6.45) is -7.52. The number of aromatic nitrogens is 4. The molecular formula is C13H7F6N5. The van der Waals surface area contributed by atoms with Crippen LogP contribution >= 0.6 is 0 Å². The zero-order valence-electron chi connectivity index (χ0n) is 11.5. The molecule has 0 unspecified atom stereocenters. The van der Waals surface area contributed by atoms with Crippen molar-refractivity contribution in [2.24, 2.45) is 0 Å². The molecule has 2 heterocycles. The third-order valence-electron chi connectivity index (χ3n) is 3.29. The van der Waals surface area contributed by atoms with Crippen molar-refractivity contribution in [3.63, 3.8) is 0 Å². The van der Waals surface area contributed by atoms with Gasteiger partial charge in [-0.15, -0.1) is 10.2 Å². The molecule has 0 amide bonds. The molecule has 0 spiro atoms. The van der Waals surface area contributed by atoms with Gasteiger partial charge >= 0.3 is 12.4 Å². The van der Waals surface area contributed by atoms with Gasteiger partial charge in [-0.25, -0.2) is 4.98 Å². The van der Waals surface area contributed by atoms with E-state index in [1.54, 1.807) is 0 Å². The Kier molecular flexibility index (Phi) is 3.39. The molecule has 5 nitrogen and oxygen atoms in total. The van der Waals surface area contributed by atoms with E-state index < -0.39 is 29.0 Å². The van der Waals surface area contributed by atoms with Crippen molar-refractivity contribution in [3.05, 3.63) is 41.9 Å². The van der Waals surface area contributed by atoms with E-state index in [0.717, 1.165) is 0 Å². The average molecular weight is 347 g/mol. The summed E-state index contributed by atoms with van der Waals surface area (Å²) < 4.78 is 79.1. The summed E-state index contributed by atoms with van der Waals surface area (Å²) in [7, 11) is 0. The fourth-order valence-corrected chi connectivity index (χ4v) is 2.21. The first-order chi connectivity index (χ1) is 11.1. The summed E-state index contributed by atoms with van der Waals surface area (Å²) in [4.78, 5) is 3.74. The van der Waals surface area contributed by atoms with Crippen LogP contribution in [0.3, 0.4) is 0 Å². The molecule has 0 aliphatic heterocycles. The predicted molar refractivity (Wildman–Crippen MR) is 70.6 cm³/mol. The molecule has 0 atom stereocenters. The molecule has 11 heteroatoms. The highest BCUT2D eigenvalue weighted by atomic mass is 19.4. The molecule has 3 aromatic rings. The summed E-state index contributed by atoms with van der Waals surface area (Å²) >= 11 is 0. The first-order valence-corrected chi connectivity index (χ1v) is 6.32. The van der Waals surface area contributed by atoms with Crippen LogP contribution in [0.25, 0.3) is 16.8 Å². The highest BCUT2D eigenvalue weighted by molar-refractivity contribution is 5.79. The van der Waals surface area contributed by atoms with Gasteiger partial charge < -0.3 is 5.73 Å². The largest absolute Gasteiger partial charge is 0.417 e. The molecule has 2 N–H and O–H groups in total. The fraction of sp³-hybridized carbons (Fsp3) is 0.154. The summed E-state index contributed by atoms with van der Waals surface area (Å²) in [6, 6.07) is 1.30. The maximum Gasteiger partial charge on any atom is 0.417 e. The highest BCUT2D eigenvalue weighted by Crippen LogP contribution is 2.41. The van der Waals surface area contributed by atoms with Gasteiger partial charge in [-0.1, -0.05) is 6.07 Å².